The van der Waals surface area contributed by atoms with Crippen molar-refractivity contribution in [3.8, 4) is 0 Å². The zero-order valence-corrected chi connectivity index (χ0v) is 11.5. The van der Waals surface area contributed by atoms with Gasteiger partial charge < -0.3 is 10.3 Å². The Morgan fingerprint density at radius 3 is 2.86 bits per heavy atom. The number of rotatable bonds is 2. The lowest BCUT2D eigenvalue weighted by Crippen LogP contribution is -1.99. The third kappa shape index (κ3) is 2.03. The Bertz CT molecular complexity index is 932. The van der Waals surface area contributed by atoms with Crippen LogP contribution in [0.2, 0.25) is 0 Å². The molecule has 0 radical (unpaired) electrons. The Morgan fingerprint density at radius 1 is 1.00 bits per heavy atom. The summed E-state index contributed by atoms with van der Waals surface area (Å²) in [4.78, 5) is 4.42. The van der Waals surface area contributed by atoms with Crippen molar-refractivity contribution in [2.75, 3.05) is 5.73 Å². The fourth-order valence-corrected chi connectivity index (χ4v) is 2.83. The van der Waals surface area contributed by atoms with E-state index in [1.165, 1.54) is 21.9 Å². The number of para-hydroxylation sites is 1. The summed E-state index contributed by atoms with van der Waals surface area (Å²) in [6.07, 6.45) is 3.99. The fourth-order valence-electron chi connectivity index (χ4n) is 2.83. The van der Waals surface area contributed by atoms with E-state index in [-0.39, 0.29) is 0 Å². The minimum atomic E-state index is 0.801. The second kappa shape index (κ2) is 4.63. The summed E-state index contributed by atoms with van der Waals surface area (Å²) in [6.45, 7) is 0.830. The van der Waals surface area contributed by atoms with Crippen LogP contribution in [0.3, 0.4) is 0 Å². The number of nitrogens with zero attached hydrogens (tertiary/aromatic N) is 2. The summed E-state index contributed by atoms with van der Waals surface area (Å²) in [5.74, 6) is 0. The monoisotopic (exact) mass is 273 g/mol. The zero-order valence-electron chi connectivity index (χ0n) is 11.5. The van der Waals surface area contributed by atoms with Gasteiger partial charge in [-0.05, 0) is 42.0 Å². The second-order valence-corrected chi connectivity index (χ2v) is 5.25. The lowest BCUT2D eigenvalue weighted by molar-refractivity contribution is 0.842. The van der Waals surface area contributed by atoms with Gasteiger partial charge in [0, 0.05) is 40.9 Å². The van der Waals surface area contributed by atoms with Gasteiger partial charge in [0.15, 0.2) is 0 Å². The van der Waals surface area contributed by atoms with Gasteiger partial charge >= 0.3 is 0 Å². The number of hydrogen-bond donors (Lipinski definition) is 1. The van der Waals surface area contributed by atoms with Gasteiger partial charge in [-0.1, -0.05) is 18.2 Å². The number of fused-ring (bicyclic) bond motifs is 2. The normalized spacial score (nSPS) is 11.2. The van der Waals surface area contributed by atoms with Crippen molar-refractivity contribution in [3.63, 3.8) is 0 Å². The van der Waals surface area contributed by atoms with E-state index in [1.54, 1.807) is 0 Å². The van der Waals surface area contributed by atoms with Crippen LogP contribution in [0.5, 0.6) is 0 Å². The minimum absolute atomic E-state index is 0.801. The quantitative estimate of drug-likeness (QED) is 0.564. The summed E-state index contributed by atoms with van der Waals surface area (Å²) in [5.41, 5.74) is 10.2. The first-order valence-electron chi connectivity index (χ1n) is 6.98. The van der Waals surface area contributed by atoms with E-state index in [1.807, 2.05) is 30.5 Å². The number of nitrogen functional groups attached to an aromatic ring is 1. The Morgan fingerprint density at radius 2 is 1.90 bits per heavy atom. The highest BCUT2D eigenvalue weighted by Gasteiger charge is 2.05. The average Bonchev–Trinajstić information content (AvgIpc) is 2.90. The third-order valence-corrected chi connectivity index (χ3v) is 3.88. The number of hydrogen-bond acceptors (Lipinski definition) is 2. The van der Waals surface area contributed by atoms with Crippen molar-refractivity contribution >= 4 is 27.5 Å². The summed E-state index contributed by atoms with van der Waals surface area (Å²) >= 11 is 0. The molecule has 0 aliphatic rings. The summed E-state index contributed by atoms with van der Waals surface area (Å²) in [5, 5.41) is 2.38. The van der Waals surface area contributed by atoms with Crippen LogP contribution in [0.15, 0.2) is 67.0 Å². The molecule has 2 heterocycles. The smallest absolute Gasteiger partial charge is 0.0705 e. The summed E-state index contributed by atoms with van der Waals surface area (Å²) < 4.78 is 2.25. The maximum absolute atomic E-state index is 5.84. The lowest BCUT2D eigenvalue weighted by atomic mass is 10.1. The van der Waals surface area contributed by atoms with Gasteiger partial charge in [-0.2, -0.15) is 0 Å². The number of aromatic nitrogens is 2. The molecular weight excluding hydrogens is 258 g/mol. The highest BCUT2D eigenvalue weighted by atomic mass is 15.0. The molecule has 0 aliphatic heterocycles. The standard InChI is InChI=1S/C18H15N3/c19-15-5-6-18-13(11-15)8-10-21(18)12-14-7-9-20-17-4-2-1-3-16(14)17/h1-11H,12,19H2. The maximum atomic E-state index is 5.84. The third-order valence-electron chi connectivity index (χ3n) is 3.88. The molecule has 2 aromatic carbocycles. The Labute approximate surface area is 122 Å². The largest absolute Gasteiger partial charge is 0.399 e. The second-order valence-electron chi connectivity index (χ2n) is 5.25. The molecule has 3 nitrogen and oxygen atoms in total. The first-order valence-corrected chi connectivity index (χ1v) is 6.98. The van der Waals surface area contributed by atoms with Crippen molar-refractivity contribution in [1.82, 2.24) is 9.55 Å². The van der Waals surface area contributed by atoms with E-state index in [0.29, 0.717) is 0 Å². The van der Waals surface area contributed by atoms with Crippen molar-refractivity contribution < 1.29 is 0 Å². The topological polar surface area (TPSA) is 43.8 Å². The van der Waals surface area contributed by atoms with Gasteiger partial charge in [-0.15, -0.1) is 0 Å². The van der Waals surface area contributed by atoms with Crippen molar-refractivity contribution in [2.24, 2.45) is 0 Å². The minimum Gasteiger partial charge on any atom is -0.399 e. The molecule has 3 heteroatoms. The van der Waals surface area contributed by atoms with Crippen LogP contribution in [-0.2, 0) is 6.54 Å². The Hall–Kier alpha value is -2.81. The predicted molar refractivity (Wildman–Crippen MR) is 87.2 cm³/mol. The Balaban J connectivity index is 1.83. The van der Waals surface area contributed by atoms with Gasteiger partial charge in [0.1, 0.15) is 0 Å². The Kier molecular flexibility index (Phi) is 2.64. The molecule has 0 fully saturated rings. The predicted octanol–water partition coefficient (Wildman–Crippen LogP) is 3.82. The average molecular weight is 273 g/mol. The van der Waals surface area contributed by atoms with Gasteiger partial charge in [0.05, 0.1) is 5.52 Å². The van der Waals surface area contributed by atoms with E-state index < -0.39 is 0 Å². The molecule has 102 valence electrons. The van der Waals surface area contributed by atoms with Gasteiger partial charge in [-0.3, -0.25) is 4.98 Å². The van der Waals surface area contributed by atoms with E-state index in [2.05, 4.69) is 46.1 Å². The maximum Gasteiger partial charge on any atom is 0.0705 e. The van der Waals surface area contributed by atoms with Crippen LogP contribution < -0.4 is 5.73 Å². The van der Waals surface area contributed by atoms with E-state index in [4.69, 9.17) is 5.73 Å². The number of benzene rings is 2. The van der Waals surface area contributed by atoms with Crippen molar-refractivity contribution in [3.05, 3.63) is 72.6 Å². The van der Waals surface area contributed by atoms with Crippen LogP contribution in [0.25, 0.3) is 21.8 Å². The molecule has 0 aliphatic carbocycles. The molecule has 2 aromatic heterocycles. The molecule has 0 spiro atoms. The molecule has 0 amide bonds. The van der Waals surface area contributed by atoms with Crippen LogP contribution in [0.4, 0.5) is 5.69 Å². The molecule has 0 atom stereocenters. The fraction of sp³-hybridized carbons (Fsp3) is 0.0556. The molecule has 0 unspecified atom stereocenters. The number of anilines is 1. The van der Waals surface area contributed by atoms with Crippen LogP contribution in [0, 0.1) is 0 Å². The van der Waals surface area contributed by atoms with E-state index in [9.17, 15) is 0 Å². The zero-order chi connectivity index (χ0) is 14.2. The first-order chi connectivity index (χ1) is 10.3. The van der Waals surface area contributed by atoms with Gasteiger partial charge in [0.25, 0.3) is 0 Å². The van der Waals surface area contributed by atoms with Crippen LogP contribution in [0.1, 0.15) is 5.56 Å². The molecule has 4 aromatic rings. The molecule has 0 bridgehead atoms. The summed E-state index contributed by atoms with van der Waals surface area (Å²) in [7, 11) is 0. The number of nitrogens with two attached hydrogens (primary N) is 1. The molecule has 21 heavy (non-hydrogen) atoms. The van der Waals surface area contributed by atoms with Crippen molar-refractivity contribution in [1.29, 1.82) is 0 Å². The summed E-state index contributed by atoms with van der Waals surface area (Å²) in [6, 6.07) is 18.5. The van der Waals surface area contributed by atoms with Gasteiger partial charge in [0.2, 0.25) is 0 Å². The van der Waals surface area contributed by atoms with Crippen LogP contribution >= 0.6 is 0 Å². The molecular formula is C18H15N3. The van der Waals surface area contributed by atoms with E-state index >= 15 is 0 Å². The highest BCUT2D eigenvalue weighted by molar-refractivity contribution is 5.84. The number of pyridine rings is 1. The first kappa shape index (κ1) is 12.0. The molecule has 0 saturated carbocycles. The highest BCUT2D eigenvalue weighted by Crippen LogP contribution is 2.22. The van der Waals surface area contributed by atoms with Gasteiger partial charge in [-0.25, -0.2) is 0 Å². The van der Waals surface area contributed by atoms with E-state index in [0.717, 1.165) is 17.7 Å². The van der Waals surface area contributed by atoms with Crippen molar-refractivity contribution in [2.45, 2.75) is 6.54 Å². The van der Waals surface area contributed by atoms with Crippen LogP contribution in [-0.4, -0.2) is 9.55 Å². The SMILES string of the molecule is Nc1ccc2c(ccn2Cc2ccnc3ccccc23)c1. The molecule has 0 saturated heterocycles. The lowest BCUT2D eigenvalue weighted by Gasteiger charge is -2.09. The molecule has 4 rings (SSSR count). The molecule has 2 N–H and O–H groups in total.